The van der Waals surface area contributed by atoms with Crippen LogP contribution in [0.2, 0.25) is 0 Å². The highest BCUT2D eigenvalue weighted by Gasteiger charge is 2.24. The van der Waals surface area contributed by atoms with Crippen LogP contribution in [0.1, 0.15) is 10.4 Å². The zero-order chi connectivity index (χ0) is 13.3. The second-order valence-corrected chi connectivity index (χ2v) is 7.20. The lowest BCUT2D eigenvalue weighted by Gasteiger charge is -2.11. The van der Waals surface area contributed by atoms with Gasteiger partial charge in [0, 0.05) is 14.8 Å². The first kappa shape index (κ1) is 13.6. The number of carbonyl (C=O) groups excluding carboxylic acids is 1. The molecule has 1 aliphatic rings. The SMILES string of the molecule is O=C(NC1C=CS(=O)(=O)C1)c1cc(S)ccc1Br. The molecule has 1 aromatic rings. The molecule has 0 saturated carbocycles. The first-order chi connectivity index (χ1) is 8.37. The highest BCUT2D eigenvalue weighted by Crippen LogP contribution is 2.20. The largest absolute Gasteiger partial charge is 0.345 e. The van der Waals surface area contributed by atoms with Crippen LogP contribution < -0.4 is 5.32 Å². The van der Waals surface area contributed by atoms with Crippen molar-refractivity contribution < 1.29 is 13.2 Å². The molecule has 0 fully saturated rings. The molecule has 1 N–H and O–H groups in total. The third kappa shape index (κ3) is 3.15. The highest BCUT2D eigenvalue weighted by atomic mass is 79.9. The fraction of sp³-hybridized carbons (Fsp3) is 0.182. The lowest BCUT2D eigenvalue weighted by molar-refractivity contribution is 0.0946. The van der Waals surface area contributed by atoms with Crippen molar-refractivity contribution in [2.75, 3.05) is 5.75 Å². The van der Waals surface area contributed by atoms with Gasteiger partial charge in [0.25, 0.3) is 5.91 Å². The summed E-state index contributed by atoms with van der Waals surface area (Å²) in [5.41, 5.74) is 0.431. The lowest BCUT2D eigenvalue weighted by Crippen LogP contribution is -2.35. The summed E-state index contributed by atoms with van der Waals surface area (Å²) >= 11 is 7.43. The van der Waals surface area contributed by atoms with Gasteiger partial charge >= 0.3 is 0 Å². The molecule has 1 aliphatic heterocycles. The summed E-state index contributed by atoms with van der Waals surface area (Å²) in [6, 6.07) is 4.62. The standard InChI is InChI=1S/C11H10BrNO3S2/c12-10-2-1-8(17)5-9(10)11(14)13-7-3-4-18(15,16)6-7/h1-5,7,17H,6H2,(H,13,14). The van der Waals surface area contributed by atoms with Crippen molar-refractivity contribution in [1.82, 2.24) is 5.32 Å². The Hall–Kier alpha value is -0.790. The number of benzene rings is 1. The molecule has 7 heteroatoms. The fourth-order valence-electron chi connectivity index (χ4n) is 1.60. The van der Waals surface area contributed by atoms with Crippen LogP contribution >= 0.6 is 28.6 Å². The Morgan fingerprint density at radius 3 is 2.78 bits per heavy atom. The average Bonchev–Trinajstić information content (AvgIpc) is 2.61. The molecule has 2 rings (SSSR count). The molecule has 1 aromatic carbocycles. The van der Waals surface area contributed by atoms with Gasteiger partial charge in [-0.25, -0.2) is 8.42 Å². The number of nitrogens with one attached hydrogen (secondary N) is 1. The minimum Gasteiger partial charge on any atom is -0.345 e. The van der Waals surface area contributed by atoms with Gasteiger partial charge in [0.15, 0.2) is 9.84 Å². The van der Waals surface area contributed by atoms with E-state index < -0.39 is 15.9 Å². The number of carbonyl (C=O) groups is 1. The number of halogens is 1. The molecular formula is C11H10BrNO3S2. The van der Waals surface area contributed by atoms with Gasteiger partial charge in [0.2, 0.25) is 0 Å². The molecule has 0 radical (unpaired) electrons. The van der Waals surface area contributed by atoms with Crippen LogP contribution in [0.4, 0.5) is 0 Å². The third-order valence-electron chi connectivity index (χ3n) is 2.44. The molecule has 1 atom stereocenters. The maximum Gasteiger partial charge on any atom is 0.252 e. The normalized spacial score (nSPS) is 20.9. The number of thiol groups is 1. The predicted molar refractivity (Wildman–Crippen MR) is 75.6 cm³/mol. The van der Waals surface area contributed by atoms with Crippen LogP contribution in [-0.2, 0) is 9.84 Å². The van der Waals surface area contributed by atoms with E-state index in [0.717, 1.165) is 5.41 Å². The summed E-state index contributed by atoms with van der Waals surface area (Å²) in [4.78, 5) is 12.6. The summed E-state index contributed by atoms with van der Waals surface area (Å²) < 4.78 is 23.1. The van der Waals surface area contributed by atoms with Crippen molar-refractivity contribution in [2.45, 2.75) is 10.9 Å². The Morgan fingerprint density at radius 1 is 1.44 bits per heavy atom. The van der Waals surface area contributed by atoms with E-state index in [-0.39, 0.29) is 11.7 Å². The van der Waals surface area contributed by atoms with E-state index in [4.69, 9.17) is 0 Å². The van der Waals surface area contributed by atoms with Crippen molar-refractivity contribution in [3.05, 3.63) is 39.7 Å². The van der Waals surface area contributed by atoms with Crippen molar-refractivity contribution in [3.63, 3.8) is 0 Å². The molecule has 4 nitrogen and oxygen atoms in total. The molecule has 0 aromatic heterocycles. The number of sulfone groups is 1. The van der Waals surface area contributed by atoms with E-state index in [1.165, 1.54) is 6.08 Å². The van der Waals surface area contributed by atoms with Gasteiger partial charge in [-0.15, -0.1) is 12.6 Å². The van der Waals surface area contributed by atoms with E-state index >= 15 is 0 Å². The second kappa shape index (κ2) is 5.07. The van der Waals surface area contributed by atoms with E-state index in [1.807, 2.05) is 0 Å². The maximum absolute atomic E-state index is 12.0. The van der Waals surface area contributed by atoms with Crippen molar-refractivity contribution in [1.29, 1.82) is 0 Å². The Labute approximate surface area is 119 Å². The van der Waals surface area contributed by atoms with Gasteiger partial charge in [-0.1, -0.05) is 0 Å². The van der Waals surface area contributed by atoms with Gasteiger partial charge in [-0.05, 0) is 40.2 Å². The molecule has 0 spiro atoms. The number of hydrogen-bond acceptors (Lipinski definition) is 4. The van der Waals surface area contributed by atoms with E-state index in [9.17, 15) is 13.2 Å². The summed E-state index contributed by atoms with van der Waals surface area (Å²) in [5, 5.41) is 3.78. The first-order valence-corrected chi connectivity index (χ1v) is 8.03. The third-order valence-corrected chi connectivity index (χ3v) is 4.81. The Kier molecular flexibility index (Phi) is 3.84. The van der Waals surface area contributed by atoms with Crippen molar-refractivity contribution in [2.24, 2.45) is 0 Å². The predicted octanol–water partition coefficient (Wildman–Crippen LogP) is 1.78. The Morgan fingerprint density at radius 2 is 2.17 bits per heavy atom. The molecule has 1 heterocycles. The number of amides is 1. The molecule has 0 aliphatic carbocycles. The molecule has 1 unspecified atom stereocenters. The van der Waals surface area contributed by atoms with Gasteiger partial charge < -0.3 is 5.32 Å². The minimum absolute atomic E-state index is 0.0864. The van der Waals surface area contributed by atoms with Crippen LogP contribution in [0.25, 0.3) is 0 Å². The van der Waals surface area contributed by atoms with Gasteiger partial charge in [0.05, 0.1) is 17.4 Å². The second-order valence-electron chi connectivity index (χ2n) is 3.90. The van der Waals surface area contributed by atoms with E-state index in [1.54, 1.807) is 18.2 Å². The average molecular weight is 348 g/mol. The Bertz CT molecular complexity index is 625. The lowest BCUT2D eigenvalue weighted by atomic mass is 10.2. The molecule has 0 bridgehead atoms. The van der Waals surface area contributed by atoms with Crippen LogP contribution in [0.3, 0.4) is 0 Å². The first-order valence-electron chi connectivity index (χ1n) is 5.08. The van der Waals surface area contributed by atoms with Crippen LogP contribution in [0, 0.1) is 0 Å². The fourth-order valence-corrected chi connectivity index (χ4v) is 3.46. The van der Waals surface area contributed by atoms with Crippen LogP contribution in [0.15, 0.2) is 39.1 Å². The quantitative estimate of drug-likeness (QED) is 0.801. The summed E-state index contributed by atoms with van der Waals surface area (Å²) in [7, 11) is -3.16. The number of hydrogen-bond donors (Lipinski definition) is 2. The van der Waals surface area contributed by atoms with Crippen LogP contribution in [0.5, 0.6) is 0 Å². The van der Waals surface area contributed by atoms with Crippen molar-refractivity contribution in [3.8, 4) is 0 Å². The zero-order valence-corrected chi connectivity index (χ0v) is 12.4. The summed E-state index contributed by atoms with van der Waals surface area (Å²) in [5.74, 6) is -0.416. The molecule has 18 heavy (non-hydrogen) atoms. The minimum atomic E-state index is -3.16. The van der Waals surface area contributed by atoms with Gasteiger partial charge in [-0.2, -0.15) is 0 Å². The molecule has 96 valence electrons. The molecule has 0 saturated heterocycles. The zero-order valence-electron chi connectivity index (χ0n) is 9.13. The van der Waals surface area contributed by atoms with Crippen molar-refractivity contribution >= 4 is 44.3 Å². The monoisotopic (exact) mass is 347 g/mol. The smallest absolute Gasteiger partial charge is 0.252 e. The molecular weight excluding hydrogens is 338 g/mol. The van der Waals surface area contributed by atoms with Gasteiger partial charge in [-0.3, -0.25) is 4.79 Å². The van der Waals surface area contributed by atoms with Crippen LogP contribution in [-0.4, -0.2) is 26.1 Å². The van der Waals surface area contributed by atoms with E-state index in [0.29, 0.717) is 14.9 Å². The number of rotatable bonds is 2. The highest BCUT2D eigenvalue weighted by molar-refractivity contribution is 9.10. The summed E-state index contributed by atoms with van der Waals surface area (Å²) in [6.45, 7) is 0. The van der Waals surface area contributed by atoms with Gasteiger partial charge in [0.1, 0.15) is 0 Å². The Balaban J connectivity index is 2.14. The van der Waals surface area contributed by atoms with E-state index in [2.05, 4.69) is 33.9 Å². The topological polar surface area (TPSA) is 63.2 Å². The maximum atomic E-state index is 12.0. The summed E-state index contributed by atoms with van der Waals surface area (Å²) in [6.07, 6.45) is 1.48. The molecule has 1 amide bonds.